The smallest absolute Gasteiger partial charge is 0.357 e. The van der Waals surface area contributed by atoms with Crippen LogP contribution in [0, 0.1) is 0 Å². The number of carbonyl (C=O) groups is 2. The second-order valence-corrected chi connectivity index (χ2v) is 4.95. The molecule has 0 unspecified atom stereocenters. The van der Waals surface area contributed by atoms with Gasteiger partial charge in [-0.3, -0.25) is 9.97 Å². The fraction of sp³-hybridized carbons (Fsp3) is 0. The highest BCUT2D eigenvalue weighted by molar-refractivity contribution is 6.03. The van der Waals surface area contributed by atoms with Crippen molar-refractivity contribution in [1.29, 1.82) is 0 Å². The SMILES string of the molecule is O=C(O)c1nc[nH]c1C(=O)O.c1cnc2c(c1)ccc1ncccc12. The maximum Gasteiger partial charge on any atom is 0.357 e. The van der Waals surface area contributed by atoms with Gasteiger partial charge in [-0.2, -0.15) is 0 Å². The van der Waals surface area contributed by atoms with Gasteiger partial charge >= 0.3 is 11.9 Å². The number of carboxylic acids is 2. The molecule has 0 saturated heterocycles. The molecule has 0 atom stereocenters. The molecule has 0 aliphatic heterocycles. The summed E-state index contributed by atoms with van der Waals surface area (Å²) in [5.41, 5.74) is 1.15. The van der Waals surface area contributed by atoms with Crippen molar-refractivity contribution in [3.63, 3.8) is 0 Å². The van der Waals surface area contributed by atoms with Crippen LogP contribution in [-0.4, -0.2) is 42.1 Å². The monoisotopic (exact) mass is 336 g/mol. The van der Waals surface area contributed by atoms with Gasteiger partial charge in [0.25, 0.3) is 0 Å². The Bertz CT molecular complexity index is 991. The second kappa shape index (κ2) is 6.75. The number of H-pyrrole nitrogens is 1. The van der Waals surface area contributed by atoms with Gasteiger partial charge < -0.3 is 15.2 Å². The number of aromatic amines is 1. The van der Waals surface area contributed by atoms with Crippen LogP contribution in [0.4, 0.5) is 0 Å². The number of fused-ring (bicyclic) bond motifs is 3. The van der Waals surface area contributed by atoms with E-state index in [2.05, 4.69) is 38.1 Å². The lowest BCUT2D eigenvalue weighted by molar-refractivity contribution is 0.0644. The molecule has 0 aliphatic rings. The third-order valence-corrected chi connectivity index (χ3v) is 3.41. The second-order valence-electron chi connectivity index (χ2n) is 4.95. The molecule has 3 N–H and O–H groups in total. The lowest BCUT2D eigenvalue weighted by Crippen LogP contribution is -2.07. The van der Waals surface area contributed by atoms with Crippen LogP contribution in [0.1, 0.15) is 21.0 Å². The average molecular weight is 336 g/mol. The van der Waals surface area contributed by atoms with E-state index in [0.29, 0.717) is 0 Å². The number of aromatic carboxylic acids is 2. The zero-order chi connectivity index (χ0) is 17.8. The van der Waals surface area contributed by atoms with E-state index < -0.39 is 23.3 Å². The first-order valence-corrected chi connectivity index (χ1v) is 7.16. The molecule has 0 fully saturated rings. The summed E-state index contributed by atoms with van der Waals surface area (Å²) in [7, 11) is 0. The van der Waals surface area contributed by atoms with E-state index >= 15 is 0 Å². The van der Waals surface area contributed by atoms with Gasteiger partial charge in [0.1, 0.15) is 0 Å². The third-order valence-electron chi connectivity index (χ3n) is 3.41. The molecular weight excluding hydrogens is 324 g/mol. The number of hydrogen-bond acceptors (Lipinski definition) is 5. The molecule has 8 nitrogen and oxygen atoms in total. The van der Waals surface area contributed by atoms with Crippen molar-refractivity contribution < 1.29 is 19.8 Å². The molecule has 124 valence electrons. The Labute approximate surface area is 140 Å². The highest BCUT2D eigenvalue weighted by atomic mass is 16.4. The molecule has 0 bridgehead atoms. The van der Waals surface area contributed by atoms with E-state index in [9.17, 15) is 9.59 Å². The minimum absolute atomic E-state index is 0.405. The summed E-state index contributed by atoms with van der Waals surface area (Å²) in [5, 5.41) is 19.0. The van der Waals surface area contributed by atoms with Crippen molar-refractivity contribution in [2.45, 2.75) is 0 Å². The van der Waals surface area contributed by atoms with Crippen LogP contribution in [0.15, 0.2) is 55.1 Å². The van der Waals surface area contributed by atoms with E-state index in [1.54, 1.807) is 6.20 Å². The summed E-state index contributed by atoms with van der Waals surface area (Å²) in [6, 6.07) is 12.1. The summed E-state index contributed by atoms with van der Waals surface area (Å²) >= 11 is 0. The van der Waals surface area contributed by atoms with Crippen LogP contribution in [0.3, 0.4) is 0 Å². The Hall–Kier alpha value is -3.81. The van der Waals surface area contributed by atoms with E-state index in [1.807, 2.05) is 24.4 Å². The molecule has 0 aliphatic carbocycles. The summed E-state index contributed by atoms with van der Waals surface area (Å²) in [4.78, 5) is 34.7. The molecule has 0 amide bonds. The Kier molecular flexibility index (Phi) is 4.34. The highest BCUT2D eigenvalue weighted by Crippen LogP contribution is 2.20. The van der Waals surface area contributed by atoms with Crippen molar-refractivity contribution >= 4 is 33.7 Å². The Morgan fingerprint density at radius 2 is 1.64 bits per heavy atom. The molecule has 8 heteroatoms. The lowest BCUT2D eigenvalue weighted by atomic mass is 10.1. The Balaban J connectivity index is 0.000000151. The van der Waals surface area contributed by atoms with Crippen molar-refractivity contribution in [3.8, 4) is 0 Å². The van der Waals surface area contributed by atoms with Gasteiger partial charge in [-0.1, -0.05) is 12.1 Å². The van der Waals surface area contributed by atoms with Crippen LogP contribution in [0.2, 0.25) is 0 Å². The standard InChI is InChI=1S/C12H8N2.C5H4N2O4/c1-3-9-5-6-11-10(4-2-7-13-11)12(9)14-8-1;8-4(9)2-3(5(10)11)7-1-6-2/h1-8H;1H,(H,6,7)(H,8,9)(H,10,11). The van der Waals surface area contributed by atoms with Crippen LogP contribution >= 0.6 is 0 Å². The molecule has 3 heterocycles. The summed E-state index contributed by atoms with van der Waals surface area (Å²) < 4.78 is 0. The van der Waals surface area contributed by atoms with Gasteiger partial charge in [0.15, 0.2) is 11.4 Å². The predicted molar refractivity (Wildman–Crippen MR) is 89.6 cm³/mol. The molecule has 0 saturated carbocycles. The maximum absolute atomic E-state index is 10.3. The Morgan fingerprint density at radius 1 is 0.880 bits per heavy atom. The lowest BCUT2D eigenvalue weighted by Gasteiger charge is -2.00. The number of benzene rings is 1. The van der Waals surface area contributed by atoms with E-state index in [0.717, 1.165) is 28.1 Å². The van der Waals surface area contributed by atoms with Crippen molar-refractivity contribution in [1.82, 2.24) is 19.9 Å². The topological polar surface area (TPSA) is 129 Å². The van der Waals surface area contributed by atoms with E-state index in [-0.39, 0.29) is 0 Å². The van der Waals surface area contributed by atoms with Crippen LogP contribution in [0.5, 0.6) is 0 Å². The quantitative estimate of drug-likeness (QED) is 0.480. The molecule has 0 spiro atoms. The first-order valence-electron chi connectivity index (χ1n) is 7.16. The maximum atomic E-state index is 10.3. The minimum Gasteiger partial charge on any atom is -0.477 e. The number of nitrogens with one attached hydrogen (secondary N) is 1. The fourth-order valence-electron chi connectivity index (χ4n) is 2.32. The predicted octanol–water partition coefficient (Wildman–Crippen LogP) is 2.59. The highest BCUT2D eigenvalue weighted by Gasteiger charge is 2.17. The van der Waals surface area contributed by atoms with Gasteiger partial charge in [-0.25, -0.2) is 14.6 Å². The number of rotatable bonds is 2. The van der Waals surface area contributed by atoms with Gasteiger partial charge in [0.05, 0.1) is 17.4 Å². The minimum atomic E-state index is -1.36. The zero-order valence-electron chi connectivity index (χ0n) is 12.7. The van der Waals surface area contributed by atoms with E-state index in [4.69, 9.17) is 10.2 Å². The fourth-order valence-corrected chi connectivity index (χ4v) is 2.32. The molecule has 1 aromatic carbocycles. The molecule has 25 heavy (non-hydrogen) atoms. The summed E-state index contributed by atoms with van der Waals surface area (Å²) in [6.07, 6.45) is 4.64. The zero-order valence-corrected chi connectivity index (χ0v) is 12.7. The number of imidazole rings is 1. The number of pyridine rings is 2. The average Bonchev–Trinajstić information content (AvgIpc) is 3.13. The number of nitrogens with zero attached hydrogens (tertiary/aromatic N) is 3. The van der Waals surface area contributed by atoms with Crippen molar-refractivity contribution in [2.75, 3.05) is 0 Å². The summed E-state index contributed by atoms with van der Waals surface area (Å²) in [5.74, 6) is -2.69. The van der Waals surface area contributed by atoms with Gasteiger partial charge in [-0.15, -0.1) is 0 Å². The van der Waals surface area contributed by atoms with Crippen LogP contribution < -0.4 is 0 Å². The molecule has 4 rings (SSSR count). The molecular formula is C17H12N4O4. The van der Waals surface area contributed by atoms with Crippen molar-refractivity contribution in [2.24, 2.45) is 0 Å². The van der Waals surface area contributed by atoms with E-state index in [1.165, 1.54) is 0 Å². The molecule has 4 aromatic rings. The van der Waals surface area contributed by atoms with Crippen molar-refractivity contribution in [3.05, 3.63) is 66.5 Å². The first-order chi connectivity index (χ1) is 12.1. The van der Waals surface area contributed by atoms with Gasteiger partial charge in [0.2, 0.25) is 0 Å². The van der Waals surface area contributed by atoms with Crippen LogP contribution in [0.25, 0.3) is 21.8 Å². The van der Waals surface area contributed by atoms with Gasteiger partial charge in [-0.05, 0) is 24.3 Å². The number of hydrogen-bond donors (Lipinski definition) is 3. The number of carboxylic acid groups (broad SMARTS) is 2. The number of aromatic nitrogens is 4. The van der Waals surface area contributed by atoms with Gasteiger partial charge in [0, 0.05) is 23.2 Å². The molecule has 3 aromatic heterocycles. The first kappa shape index (κ1) is 16.1. The third kappa shape index (κ3) is 3.27. The Morgan fingerprint density at radius 3 is 2.36 bits per heavy atom. The normalized spacial score (nSPS) is 10.2. The van der Waals surface area contributed by atoms with Crippen LogP contribution in [-0.2, 0) is 0 Å². The molecule has 0 radical (unpaired) electrons. The largest absolute Gasteiger partial charge is 0.477 e. The summed E-state index contributed by atoms with van der Waals surface area (Å²) in [6.45, 7) is 0.